The third-order valence-electron chi connectivity index (χ3n) is 5.41. The molecule has 0 N–H and O–H groups in total. The molecule has 27 heavy (non-hydrogen) atoms. The Balaban J connectivity index is 1.45. The van der Waals surface area contributed by atoms with Gasteiger partial charge in [-0.3, -0.25) is 19.2 Å². The van der Waals surface area contributed by atoms with E-state index in [4.69, 9.17) is 0 Å². The molecule has 0 radical (unpaired) electrons. The van der Waals surface area contributed by atoms with Crippen LogP contribution in [0.1, 0.15) is 24.2 Å². The largest absolute Gasteiger partial charge is 0.299 e. The van der Waals surface area contributed by atoms with Gasteiger partial charge in [0.2, 0.25) is 0 Å². The van der Waals surface area contributed by atoms with Gasteiger partial charge in [-0.1, -0.05) is 0 Å². The topological polar surface area (TPSA) is 51.0 Å². The Labute approximate surface area is 157 Å². The summed E-state index contributed by atoms with van der Waals surface area (Å²) in [5.74, 6) is 0.736. The summed E-state index contributed by atoms with van der Waals surface area (Å²) in [5.41, 5.74) is 1.64. The van der Waals surface area contributed by atoms with Crippen molar-refractivity contribution in [3.63, 3.8) is 0 Å². The molecule has 1 fully saturated rings. The number of pyridine rings is 1. The molecule has 4 rings (SSSR count). The normalized spacial score (nSPS) is 16.1. The summed E-state index contributed by atoms with van der Waals surface area (Å²) in [4.78, 5) is 23.8. The molecule has 5 nitrogen and oxygen atoms in total. The van der Waals surface area contributed by atoms with E-state index in [0.717, 1.165) is 32.5 Å². The van der Waals surface area contributed by atoms with E-state index < -0.39 is 0 Å². The predicted octanol–water partition coefficient (Wildman–Crippen LogP) is 3.15. The van der Waals surface area contributed by atoms with Crippen LogP contribution in [0.3, 0.4) is 0 Å². The van der Waals surface area contributed by atoms with Crippen molar-refractivity contribution in [2.75, 3.05) is 13.1 Å². The van der Waals surface area contributed by atoms with E-state index in [0.29, 0.717) is 29.2 Å². The van der Waals surface area contributed by atoms with Crippen LogP contribution < -0.4 is 5.56 Å². The maximum absolute atomic E-state index is 13.4. The molecule has 0 amide bonds. The number of halogens is 1. The lowest BCUT2D eigenvalue weighted by atomic mass is 9.96. The highest BCUT2D eigenvalue weighted by Crippen LogP contribution is 2.21. The Hall–Kier alpha value is -2.60. The quantitative estimate of drug-likeness (QED) is 0.712. The number of aromatic nitrogens is 3. The molecule has 1 aliphatic heterocycles. The van der Waals surface area contributed by atoms with Gasteiger partial charge in [0, 0.05) is 31.5 Å². The molecule has 1 aliphatic rings. The second kappa shape index (κ2) is 7.56. The average Bonchev–Trinajstić information content (AvgIpc) is 2.67. The second-order valence-corrected chi connectivity index (χ2v) is 7.31. The fourth-order valence-corrected chi connectivity index (χ4v) is 3.85. The second-order valence-electron chi connectivity index (χ2n) is 7.31. The minimum absolute atomic E-state index is 0.0725. The van der Waals surface area contributed by atoms with Crippen molar-refractivity contribution >= 4 is 10.9 Å². The van der Waals surface area contributed by atoms with Gasteiger partial charge in [0.1, 0.15) is 11.6 Å². The molecule has 1 aromatic carbocycles. The van der Waals surface area contributed by atoms with E-state index in [1.807, 2.05) is 19.3 Å². The van der Waals surface area contributed by atoms with Crippen molar-refractivity contribution in [2.24, 2.45) is 5.92 Å². The molecule has 0 spiro atoms. The lowest BCUT2D eigenvalue weighted by molar-refractivity contribution is 0.166. The zero-order chi connectivity index (χ0) is 18.8. The molecule has 3 heterocycles. The van der Waals surface area contributed by atoms with Crippen LogP contribution in [0.15, 0.2) is 47.5 Å². The van der Waals surface area contributed by atoms with E-state index >= 15 is 0 Å². The Morgan fingerprint density at radius 1 is 1.15 bits per heavy atom. The highest BCUT2D eigenvalue weighted by atomic mass is 19.1. The zero-order valence-corrected chi connectivity index (χ0v) is 15.4. The summed E-state index contributed by atoms with van der Waals surface area (Å²) in [6.07, 6.45) is 5.77. The van der Waals surface area contributed by atoms with Crippen molar-refractivity contribution in [1.29, 1.82) is 0 Å². The van der Waals surface area contributed by atoms with Gasteiger partial charge in [0.05, 0.1) is 10.9 Å². The number of aryl methyl sites for hydroxylation is 1. The van der Waals surface area contributed by atoms with Crippen LogP contribution in [0, 0.1) is 18.7 Å². The van der Waals surface area contributed by atoms with Crippen molar-refractivity contribution in [2.45, 2.75) is 32.9 Å². The van der Waals surface area contributed by atoms with E-state index in [9.17, 15) is 9.18 Å². The Bertz CT molecular complexity index is 994. The lowest BCUT2D eigenvalue weighted by Crippen LogP contribution is -2.36. The number of likely N-dealkylation sites (tertiary alicyclic amines) is 1. The highest BCUT2D eigenvalue weighted by molar-refractivity contribution is 5.77. The van der Waals surface area contributed by atoms with E-state index in [1.165, 1.54) is 23.8 Å². The SMILES string of the molecule is Cc1nc2cc(F)ccc2c(=O)n1CC1CCN(Cc2ccncc2)CC1. The first kappa shape index (κ1) is 17.8. The molecular formula is C21H23FN4O. The standard InChI is InChI=1S/C21H23FN4O/c1-15-24-20-12-18(22)2-3-19(20)21(27)26(15)14-17-6-10-25(11-7-17)13-16-4-8-23-9-5-16/h2-5,8-9,12,17H,6-7,10-11,13-14H2,1H3. The van der Waals surface area contributed by atoms with Crippen LogP contribution in [-0.4, -0.2) is 32.5 Å². The molecule has 1 saturated heterocycles. The van der Waals surface area contributed by atoms with Gasteiger partial charge in [-0.15, -0.1) is 0 Å². The van der Waals surface area contributed by atoms with Crippen LogP contribution in [0.25, 0.3) is 10.9 Å². The third kappa shape index (κ3) is 3.90. The summed E-state index contributed by atoms with van der Waals surface area (Å²) in [6, 6.07) is 8.29. The van der Waals surface area contributed by atoms with Gasteiger partial charge in [0.15, 0.2) is 0 Å². The minimum atomic E-state index is -0.367. The number of fused-ring (bicyclic) bond motifs is 1. The van der Waals surface area contributed by atoms with Crippen LogP contribution >= 0.6 is 0 Å². The van der Waals surface area contributed by atoms with Crippen molar-refractivity contribution in [3.8, 4) is 0 Å². The summed E-state index contributed by atoms with van der Waals surface area (Å²) >= 11 is 0. The smallest absolute Gasteiger partial charge is 0.261 e. The molecule has 0 saturated carbocycles. The van der Waals surface area contributed by atoms with Crippen LogP contribution in [-0.2, 0) is 13.1 Å². The summed E-state index contributed by atoms with van der Waals surface area (Å²) in [6.45, 7) is 5.48. The van der Waals surface area contributed by atoms with Crippen molar-refractivity contribution in [1.82, 2.24) is 19.4 Å². The Morgan fingerprint density at radius 2 is 1.89 bits per heavy atom. The van der Waals surface area contributed by atoms with Gasteiger partial charge < -0.3 is 0 Å². The summed E-state index contributed by atoms with van der Waals surface area (Å²) in [5, 5.41) is 0.483. The number of rotatable bonds is 4. The highest BCUT2D eigenvalue weighted by Gasteiger charge is 2.21. The minimum Gasteiger partial charge on any atom is -0.299 e. The molecule has 3 aromatic rings. The van der Waals surface area contributed by atoms with Crippen LogP contribution in [0.2, 0.25) is 0 Å². The molecule has 2 aromatic heterocycles. The fraction of sp³-hybridized carbons (Fsp3) is 0.381. The number of benzene rings is 1. The Morgan fingerprint density at radius 3 is 2.63 bits per heavy atom. The molecule has 0 aliphatic carbocycles. The van der Waals surface area contributed by atoms with Gasteiger partial charge in [-0.05, 0) is 68.6 Å². The first-order valence-corrected chi connectivity index (χ1v) is 9.38. The lowest BCUT2D eigenvalue weighted by Gasteiger charge is -2.32. The van der Waals surface area contributed by atoms with E-state index in [-0.39, 0.29) is 11.4 Å². The molecule has 0 atom stereocenters. The van der Waals surface area contributed by atoms with Crippen LogP contribution in [0.5, 0.6) is 0 Å². The zero-order valence-electron chi connectivity index (χ0n) is 15.4. The molecular weight excluding hydrogens is 343 g/mol. The first-order chi connectivity index (χ1) is 13.1. The molecule has 140 valence electrons. The molecule has 6 heteroatoms. The maximum Gasteiger partial charge on any atom is 0.261 e. The van der Waals surface area contributed by atoms with Gasteiger partial charge in [0.25, 0.3) is 5.56 Å². The average molecular weight is 366 g/mol. The van der Waals surface area contributed by atoms with Gasteiger partial charge in [-0.25, -0.2) is 9.37 Å². The van der Waals surface area contributed by atoms with Gasteiger partial charge in [-0.2, -0.15) is 0 Å². The molecule has 0 unspecified atom stereocenters. The van der Waals surface area contributed by atoms with Gasteiger partial charge >= 0.3 is 0 Å². The molecule has 0 bridgehead atoms. The fourth-order valence-electron chi connectivity index (χ4n) is 3.85. The number of piperidine rings is 1. The first-order valence-electron chi connectivity index (χ1n) is 9.38. The van der Waals surface area contributed by atoms with E-state index in [2.05, 4.69) is 27.0 Å². The Kier molecular flexibility index (Phi) is 4.99. The number of hydrogen-bond acceptors (Lipinski definition) is 4. The predicted molar refractivity (Wildman–Crippen MR) is 103 cm³/mol. The summed E-state index contributed by atoms with van der Waals surface area (Å²) < 4.78 is 15.2. The van der Waals surface area contributed by atoms with E-state index in [1.54, 1.807) is 4.57 Å². The van der Waals surface area contributed by atoms with Crippen molar-refractivity contribution < 1.29 is 4.39 Å². The van der Waals surface area contributed by atoms with Crippen LogP contribution in [0.4, 0.5) is 4.39 Å². The number of hydrogen-bond donors (Lipinski definition) is 0. The maximum atomic E-state index is 13.4. The third-order valence-corrected chi connectivity index (χ3v) is 5.41. The number of nitrogens with zero attached hydrogens (tertiary/aromatic N) is 4. The summed E-state index contributed by atoms with van der Waals surface area (Å²) in [7, 11) is 0. The van der Waals surface area contributed by atoms with Crippen molar-refractivity contribution in [3.05, 3.63) is 70.3 Å². The monoisotopic (exact) mass is 366 g/mol.